The fourth-order valence-electron chi connectivity index (χ4n) is 2.42. The molecule has 25 heavy (non-hydrogen) atoms. The first-order valence-electron chi connectivity index (χ1n) is 7.27. The van der Waals surface area contributed by atoms with Crippen molar-refractivity contribution in [3.8, 4) is 0 Å². The molecule has 3 rings (SSSR count). The molecule has 1 fully saturated rings. The number of anilines is 1. The molecular weight excluding hydrogens is 351 g/mol. The third kappa shape index (κ3) is 3.61. The van der Waals surface area contributed by atoms with Crippen LogP contribution < -0.4 is 4.90 Å². The van der Waals surface area contributed by atoms with Gasteiger partial charge in [0.15, 0.2) is 0 Å². The normalized spacial score (nSPS) is 16.8. The minimum absolute atomic E-state index is 0.0926. The lowest BCUT2D eigenvalue weighted by atomic mass is 10.1. The summed E-state index contributed by atoms with van der Waals surface area (Å²) < 4.78 is 38.5. The first-order chi connectivity index (χ1) is 11.8. The Kier molecular flexibility index (Phi) is 4.43. The number of rotatable bonds is 2. The Morgan fingerprint density at radius 2 is 1.76 bits per heavy atom. The molecule has 1 heterocycles. The monoisotopic (exact) mass is 363 g/mol. The second-order valence-electron chi connectivity index (χ2n) is 5.48. The van der Waals surface area contributed by atoms with Crippen LogP contribution in [0.2, 0.25) is 0 Å². The maximum atomic E-state index is 12.8. The number of thioether (sulfide) groups is 1. The van der Waals surface area contributed by atoms with Gasteiger partial charge in [0.2, 0.25) is 0 Å². The average Bonchev–Trinajstić information content (AvgIpc) is 2.81. The van der Waals surface area contributed by atoms with Gasteiger partial charge in [0.05, 0.1) is 16.2 Å². The van der Waals surface area contributed by atoms with Crippen molar-refractivity contribution in [2.24, 2.45) is 0 Å². The molecule has 0 bridgehead atoms. The number of carbonyl (C=O) groups excluding carboxylic acids is 2. The van der Waals surface area contributed by atoms with E-state index in [1.807, 2.05) is 25.1 Å². The van der Waals surface area contributed by atoms with Crippen LogP contribution in [0, 0.1) is 6.92 Å². The number of imide groups is 1. The zero-order chi connectivity index (χ0) is 18.2. The topological polar surface area (TPSA) is 37.4 Å². The number of carbonyl (C=O) groups is 2. The highest BCUT2D eigenvalue weighted by Gasteiger charge is 2.38. The van der Waals surface area contributed by atoms with Crippen LogP contribution in [0.5, 0.6) is 0 Å². The molecule has 0 aromatic heterocycles. The van der Waals surface area contributed by atoms with Gasteiger partial charge in [-0.25, -0.2) is 4.90 Å². The summed E-state index contributed by atoms with van der Waals surface area (Å²) in [5.74, 6) is -0.629. The van der Waals surface area contributed by atoms with Gasteiger partial charge >= 0.3 is 6.18 Å². The Hall–Kier alpha value is -2.54. The third-order valence-electron chi connectivity index (χ3n) is 3.57. The molecule has 0 radical (unpaired) electrons. The molecule has 3 nitrogen and oxygen atoms in total. The lowest BCUT2D eigenvalue weighted by molar-refractivity contribution is -0.137. The van der Waals surface area contributed by atoms with Crippen LogP contribution in [-0.4, -0.2) is 11.1 Å². The van der Waals surface area contributed by atoms with E-state index in [1.165, 1.54) is 12.1 Å². The van der Waals surface area contributed by atoms with Crippen molar-refractivity contribution in [1.29, 1.82) is 0 Å². The molecule has 2 aromatic rings. The van der Waals surface area contributed by atoms with Crippen LogP contribution in [0.4, 0.5) is 23.7 Å². The summed E-state index contributed by atoms with van der Waals surface area (Å²) in [5, 5.41) is -0.622. The molecule has 0 aliphatic carbocycles. The Labute approximate surface area is 146 Å². The summed E-state index contributed by atoms with van der Waals surface area (Å²) in [6.45, 7) is 1.89. The largest absolute Gasteiger partial charge is 0.416 e. The maximum Gasteiger partial charge on any atom is 0.416 e. The second-order valence-corrected chi connectivity index (χ2v) is 6.47. The van der Waals surface area contributed by atoms with Gasteiger partial charge in [-0.05, 0) is 48.5 Å². The molecule has 1 aliphatic rings. The van der Waals surface area contributed by atoms with Gasteiger partial charge in [-0.2, -0.15) is 13.2 Å². The summed E-state index contributed by atoms with van der Waals surface area (Å²) in [5.41, 5.74) is 0.733. The van der Waals surface area contributed by atoms with Crippen LogP contribution in [-0.2, 0) is 11.0 Å². The van der Waals surface area contributed by atoms with Gasteiger partial charge < -0.3 is 0 Å². The van der Waals surface area contributed by atoms with Crippen LogP contribution >= 0.6 is 11.8 Å². The molecule has 0 saturated carbocycles. The zero-order valence-corrected chi connectivity index (χ0v) is 13.8. The number of hydrogen-bond donors (Lipinski definition) is 0. The first kappa shape index (κ1) is 17.3. The van der Waals surface area contributed by atoms with E-state index in [4.69, 9.17) is 0 Å². The van der Waals surface area contributed by atoms with Crippen LogP contribution in [0.15, 0.2) is 53.4 Å². The van der Waals surface area contributed by atoms with Crippen molar-refractivity contribution in [3.05, 3.63) is 70.1 Å². The number of amides is 2. The van der Waals surface area contributed by atoms with E-state index in [1.54, 1.807) is 12.1 Å². The molecule has 2 aromatic carbocycles. The molecule has 7 heteroatoms. The van der Waals surface area contributed by atoms with E-state index < -0.39 is 22.9 Å². The maximum absolute atomic E-state index is 12.8. The molecule has 0 spiro atoms. The van der Waals surface area contributed by atoms with Gasteiger partial charge in [0, 0.05) is 0 Å². The number of nitrogens with zero attached hydrogens (tertiary/aromatic N) is 1. The number of benzene rings is 2. The molecule has 0 N–H and O–H groups in total. The summed E-state index contributed by atoms with van der Waals surface area (Å²) in [7, 11) is 0. The lowest BCUT2D eigenvalue weighted by Gasteiger charge is -2.14. The molecule has 1 saturated heterocycles. The number of halogens is 3. The summed E-state index contributed by atoms with van der Waals surface area (Å²) in [6, 6.07) is 11.5. The third-order valence-corrected chi connectivity index (χ3v) is 4.43. The molecule has 128 valence electrons. The van der Waals surface area contributed by atoms with E-state index >= 15 is 0 Å². The average molecular weight is 363 g/mol. The van der Waals surface area contributed by atoms with E-state index in [0.717, 1.165) is 28.2 Å². The van der Waals surface area contributed by atoms with E-state index in [2.05, 4.69) is 0 Å². The predicted octanol–water partition coefficient (Wildman–Crippen LogP) is 5.25. The van der Waals surface area contributed by atoms with Crippen LogP contribution in [0.3, 0.4) is 0 Å². The lowest BCUT2D eigenvalue weighted by Crippen LogP contribution is -2.28. The number of hydrogen-bond acceptors (Lipinski definition) is 3. The molecule has 2 amide bonds. The van der Waals surface area contributed by atoms with E-state index in [0.29, 0.717) is 11.8 Å². The Morgan fingerprint density at radius 1 is 1.04 bits per heavy atom. The van der Waals surface area contributed by atoms with Gasteiger partial charge in [-0.3, -0.25) is 9.59 Å². The Bertz CT molecular complexity index is 890. The summed E-state index contributed by atoms with van der Waals surface area (Å²) >= 11 is 0.708. The van der Waals surface area contributed by atoms with Gasteiger partial charge in [-0.15, -0.1) is 0 Å². The standard InChI is InChI=1S/C18H12F3NO2S/c1-11-4-2-5-12(8-11)9-15-16(23)22(17(24)25-15)14-7-3-6-13(10-14)18(19,20)21/h2-10H,1H3/b15-9-. The van der Waals surface area contributed by atoms with Crippen molar-refractivity contribution >= 4 is 34.7 Å². The van der Waals surface area contributed by atoms with Crippen LogP contribution in [0.25, 0.3) is 6.08 Å². The number of alkyl halides is 3. The molecule has 1 aliphatic heterocycles. The van der Waals surface area contributed by atoms with E-state index in [9.17, 15) is 22.8 Å². The second kappa shape index (κ2) is 6.40. The summed E-state index contributed by atoms with van der Waals surface area (Å²) in [4.78, 5) is 25.6. The highest BCUT2D eigenvalue weighted by Crippen LogP contribution is 2.38. The molecular formula is C18H12F3NO2S. The highest BCUT2D eigenvalue weighted by molar-refractivity contribution is 8.19. The quantitative estimate of drug-likeness (QED) is 0.684. The number of aryl methyl sites for hydroxylation is 1. The Morgan fingerprint density at radius 3 is 2.44 bits per heavy atom. The van der Waals surface area contributed by atoms with Gasteiger partial charge in [0.25, 0.3) is 11.1 Å². The fraction of sp³-hybridized carbons (Fsp3) is 0.111. The molecule has 0 atom stereocenters. The predicted molar refractivity (Wildman–Crippen MR) is 91.1 cm³/mol. The van der Waals surface area contributed by atoms with E-state index in [-0.39, 0.29) is 10.6 Å². The zero-order valence-electron chi connectivity index (χ0n) is 13.0. The SMILES string of the molecule is Cc1cccc(/C=C2\SC(=O)N(c3cccc(C(F)(F)F)c3)C2=O)c1. The van der Waals surface area contributed by atoms with Gasteiger partial charge in [-0.1, -0.05) is 35.9 Å². The minimum Gasteiger partial charge on any atom is -0.268 e. The van der Waals surface area contributed by atoms with Crippen molar-refractivity contribution in [1.82, 2.24) is 0 Å². The molecule has 0 unspecified atom stereocenters. The Balaban J connectivity index is 1.95. The van der Waals surface area contributed by atoms with Crippen molar-refractivity contribution < 1.29 is 22.8 Å². The summed E-state index contributed by atoms with van der Waals surface area (Å²) in [6.07, 6.45) is -2.99. The first-order valence-corrected chi connectivity index (χ1v) is 8.09. The van der Waals surface area contributed by atoms with Gasteiger partial charge in [0.1, 0.15) is 0 Å². The fourth-order valence-corrected chi connectivity index (χ4v) is 3.26. The van der Waals surface area contributed by atoms with Crippen LogP contribution in [0.1, 0.15) is 16.7 Å². The highest BCUT2D eigenvalue weighted by atomic mass is 32.2. The minimum atomic E-state index is -4.55. The van der Waals surface area contributed by atoms with Crippen molar-refractivity contribution in [3.63, 3.8) is 0 Å². The van der Waals surface area contributed by atoms with Crippen molar-refractivity contribution in [2.75, 3.05) is 4.90 Å². The smallest absolute Gasteiger partial charge is 0.268 e. The van der Waals surface area contributed by atoms with Crippen molar-refractivity contribution in [2.45, 2.75) is 13.1 Å².